The molecule has 1 heterocycles. The lowest BCUT2D eigenvalue weighted by Crippen LogP contribution is -2.53. The fourth-order valence-electron chi connectivity index (χ4n) is 3.45. The summed E-state index contributed by atoms with van der Waals surface area (Å²) in [4.78, 5) is 17.0. The average Bonchev–Trinajstić information content (AvgIpc) is 2.81. The molecule has 116 valence electrons. The van der Waals surface area contributed by atoms with Crippen LogP contribution in [0.5, 0.6) is 0 Å². The Morgan fingerprint density at radius 2 is 2.05 bits per heavy atom. The first-order chi connectivity index (χ1) is 9.56. The predicted octanol–water partition coefficient (Wildman–Crippen LogP) is 0.685. The van der Waals surface area contributed by atoms with E-state index in [1.807, 2.05) is 6.92 Å². The van der Waals surface area contributed by atoms with Crippen LogP contribution in [-0.2, 0) is 9.53 Å². The summed E-state index contributed by atoms with van der Waals surface area (Å²) in [7, 11) is 2.17. The second-order valence-electron chi connectivity index (χ2n) is 6.28. The second-order valence-corrected chi connectivity index (χ2v) is 6.28. The molecule has 2 aliphatic rings. The molecule has 0 radical (unpaired) electrons. The maximum atomic E-state index is 12.1. The molecule has 0 aromatic carbocycles. The molecular formula is C15H29N3O2. The van der Waals surface area contributed by atoms with Crippen molar-refractivity contribution in [2.24, 2.45) is 11.7 Å². The minimum Gasteiger partial charge on any atom is -0.465 e. The Hall–Kier alpha value is -0.650. The highest BCUT2D eigenvalue weighted by atomic mass is 16.5. The standard InChI is InChI=1S/C15H29N3O2/c1-3-20-14(19)15(16)7-4-5-13(15)6-8-18-11-9-17(2)10-12-18/h13H,3-12,16H2,1-2H3. The molecule has 5 nitrogen and oxygen atoms in total. The number of carbonyl (C=O) groups is 1. The van der Waals surface area contributed by atoms with Crippen molar-refractivity contribution < 1.29 is 9.53 Å². The van der Waals surface area contributed by atoms with Gasteiger partial charge in [-0.15, -0.1) is 0 Å². The van der Waals surface area contributed by atoms with Crippen LogP contribution in [0.4, 0.5) is 0 Å². The second kappa shape index (κ2) is 6.87. The van der Waals surface area contributed by atoms with E-state index in [9.17, 15) is 4.79 Å². The lowest BCUT2D eigenvalue weighted by atomic mass is 9.85. The van der Waals surface area contributed by atoms with Crippen LogP contribution in [0.3, 0.4) is 0 Å². The number of hydrogen-bond acceptors (Lipinski definition) is 5. The van der Waals surface area contributed by atoms with Crippen molar-refractivity contribution in [2.75, 3.05) is 46.4 Å². The maximum Gasteiger partial charge on any atom is 0.326 e. The molecule has 0 amide bonds. The van der Waals surface area contributed by atoms with Gasteiger partial charge in [0, 0.05) is 26.2 Å². The Bertz CT molecular complexity index is 329. The molecule has 2 rings (SSSR count). The van der Waals surface area contributed by atoms with Gasteiger partial charge in [0.25, 0.3) is 0 Å². The van der Waals surface area contributed by atoms with Crippen molar-refractivity contribution in [1.82, 2.24) is 9.80 Å². The molecule has 0 bridgehead atoms. The van der Waals surface area contributed by atoms with E-state index in [0.29, 0.717) is 6.61 Å². The van der Waals surface area contributed by atoms with Crippen molar-refractivity contribution >= 4 is 5.97 Å². The molecule has 2 unspecified atom stereocenters. The Morgan fingerprint density at radius 1 is 1.35 bits per heavy atom. The zero-order chi connectivity index (χ0) is 14.6. The third-order valence-corrected chi connectivity index (χ3v) is 4.92. The molecule has 2 fully saturated rings. The summed E-state index contributed by atoms with van der Waals surface area (Å²) < 4.78 is 5.18. The van der Waals surface area contributed by atoms with Crippen molar-refractivity contribution in [3.63, 3.8) is 0 Å². The highest BCUT2D eigenvalue weighted by molar-refractivity contribution is 5.81. The van der Waals surface area contributed by atoms with Crippen LogP contribution in [0.2, 0.25) is 0 Å². The largest absolute Gasteiger partial charge is 0.465 e. The zero-order valence-corrected chi connectivity index (χ0v) is 12.9. The lowest BCUT2D eigenvalue weighted by Gasteiger charge is -2.35. The van der Waals surface area contributed by atoms with Gasteiger partial charge in [-0.2, -0.15) is 0 Å². The summed E-state index contributed by atoms with van der Waals surface area (Å²) >= 11 is 0. The van der Waals surface area contributed by atoms with Crippen LogP contribution < -0.4 is 5.73 Å². The number of carbonyl (C=O) groups excluding carboxylic acids is 1. The third-order valence-electron chi connectivity index (χ3n) is 4.92. The van der Waals surface area contributed by atoms with E-state index in [2.05, 4.69) is 16.8 Å². The topological polar surface area (TPSA) is 58.8 Å². The molecule has 5 heteroatoms. The summed E-state index contributed by atoms with van der Waals surface area (Å²) in [6.07, 6.45) is 3.89. The van der Waals surface area contributed by atoms with E-state index in [4.69, 9.17) is 10.5 Å². The van der Waals surface area contributed by atoms with Gasteiger partial charge in [-0.05, 0) is 45.7 Å². The lowest BCUT2D eigenvalue weighted by molar-refractivity contribution is -0.151. The van der Waals surface area contributed by atoms with Gasteiger partial charge in [0.1, 0.15) is 5.54 Å². The number of ether oxygens (including phenoxy) is 1. The van der Waals surface area contributed by atoms with Gasteiger partial charge in [-0.1, -0.05) is 6.42 Å². The molecule has 2 N–H and O–H groups in total. The monoisotopic (exact) mass is 283 g/mol. The molecular weight excluding hydrogens is 254 g/mol. The number of hydrogen-bond donors (Lipinski definition) is 1. The van der Waals surface area contributed by atoms with Crippen LogP contribution >= 0.6 is 0 Å². The van der Waals surface area contributed by atoms with Crippen LogP contribution in [-0.4, -0.2) is 67.7 Å². The van der Waals surface area contributed by atoms with Crippen LogP contribution in [0, 0.1) is 5.92 Å². The summed E-state index contributed by atoms with van der Waals surface area (Å²) in [5.74, 6) is 0.0853. The van der Waals surface area contributed by atoms with E-state index >= 15 is 0 Å². The van der Waals surface area contributed by atoms with Gasteiger partial charge in [0.2, 0.25) is 0 Å². The zero-order valence-electron chi connectivity index (χ0n) is 12.9. The van der Waals surface area contributed by atoms with Gasteiger partial charge in [0.05, 0.1) is 6.61 Å². The van der Waals surface area contributed by atoms with Gasteiger partial charge in [-0.25, -0.2) is 0 Å². The fourth-order valence-corrected chi connectivity index (χ4v) is 3.45. The van der Waals surface area contributed by atoms with Crippen molar-refractivity contribution in [1.29, 1.82) is 0 Å². The number of piperazine rings is 1. The third kappa shape index (κ3) is 3.51. The van der Waals surface area contributed by atoms with E-state index < -0.39 is 5.54 Å². The first-order valence-corrected chi connectivity index (χ1v) is 7.93. The van der Waals surface area contributed by atoms with Gasteiger partial charge < -0.3 is 20.3 Å². The number of rotatable bonds is 5. The summed E-state index contributed by atoms with van der Waals surface area (Å²) in [6, 6.07) is 0. The number of esters is 1. The SMILES string of the molecule is CCOC(=O)C1(N)CCCC1CCN1CCN(C)CC1. The normalized spacial score (nSPS) is 32.5. The number of nitrogens with two attached hydrogens (primary N) is 1. The molecule has 1 aliphatic heterocycles. The highest BCUT2D eigenvalue weighted by Gasteiger charge is 2.46. The first-order valence-electron chi connectivity index (χ1n) is 7.93. The van der Waals surface area contributed by atoms with E-state index in [0.717, 1.165) is 58.4 Å². The maximum absolute atomic E-state index is 12.1. The van der Waals surface area contributed by atoms with E-state index in [-0.39, 0.29) is 11.9 Å². The molecule has 1 saturated heterocycles. The van der Waals surface area contributed by atoms with Crippen LogP contribution in [0.1, 0.15) is 32.6 Å². The van der Waals surface area contributed by atoms with Crippen molar-refractivity contribution in [3.05, 3.63) is 0 Å². The fraction of sp³-hybridized carbons (Fsp3) is 0.933. The summed E-state index contributed by atoms with van der Waals surface area (Å²) in [5, 5.41) is 0. The molecule has 0 spiro atoms. The Kier molecular flexibility index (Phi) is 5.41. The predicted molar refractivity (Wildman–Crippen MR) is 79.4 cm³/mol. The van der Waals surface area contributed by atoms with Crippen molar-refractivity contribution in [3.8, 4) is 0 Å². The quantitative estimate of drug-likeness (QED) is 0.752. The van der Waals surface area contributed by atoms with Gasteiger partial charge in [-0.3, -0.25) is 4.79 Å². The van der Waals surface area contributed by atoms with E-state index in [1.165, 1.54) is 0 Å². The number of likely N-dealkylation sites (N-methyl/N-ethyl adjacent to an activating group) is 1. The summed E-state index contributed by atoms with van der Waals surface area (Å²) in [5.41, 5.74) is 5.64. The molecule has 1 saturated carbocycles. The van der Waals surface area contributed by atoms with Crippen LogP contribution in [0.15, 0.2) is 0 Å². The van der Waals surface area contributed by atoms with Gasteiger partial charge in [0.15, 0.2) is 0 Å². The molecule has 0 aromatic heterocycles. The molecule has 20 heavy (non-hydrogen) atoms. The average molecular weight is 283 g/mol. The minimum absolute atomic E-state index is 0.194. The van der Waals surface area contributed by atoms with E-state index in [1.54, 1.807) is 0 Å². The molecule has 2 atom stereocenters. The molecule has 0 aromatic rings. The minimum atomic E-state index is -0.734. The molecule has 1 aliphatic carbocycles. The van der Waals surface area contributed by atoms with Crippen LogP contribution in [0.25, 0.3) is 0 Å². The van der Waals surface area contributed by atoms with Crippen molar-refractivity contribution in [2.45, 2.75) is 38.1 Å². The summed E-state index contributed by atoms with van der Waals surface area (Å²) in [6.45, 7) is 7.84. The highest BCUT2D eigenvalue weighted by Crippen LogP contribution is 2.37. The Morgan fingerprint density at radius 3 is 2.70 bits per heavy atom. The smallest absolute Gasteiger partial charge is 0.326 e. The number of nitrogens with zero attached hydrogens (tertiary/aromatic N) is 2. The Labute approximate surface area is 122 Å². The first kappa shape index (κ1) is 15.7. The van der Waals surface area contributed by atoms with Gasteiger partial charge >= 0.3 is 5.97 Å². The Balaban J connectivity index is 1.83.